The van der Waals surface area contributed by atoms with Gasteiger partial charge in [-0.15, -0.1) is 0 Å². The molecule has 1 fully saturated rings. The first-order chi connectivity index (χ1) is 16.7. The Bertz CT molecular complexity index is 1430. The van der Waals surface area contributed by atoms with Crippen LogP contribution < -0.4 is 8.92 Å². The van der Waals surface area contributed by atoms with Crippen molar-refractivity contribution in [2.45, 2.75) is 18.4 Å². The summed E-state index contributed by atoms with van der Waals surface area (Å²) < 4.78 is 35.8. The molecule has 1 aliphatic heterocycles. The highest BCUT2D eigenvalue weighted by molar-refractivity contribution is 8.18. The van der Waals surface area contributed by atoms with Gasteiger partial charge in [-0.25, -0.2) is 0 Å². The molecule has 0 saturated carbocycles. The third kappa shape index (κ3) is 5.53. The van der Waals surface area contributed by atoms with Crippen LogP contribution in [0.4, 0.5) is 4.79 Å². The molecule has 1 aliphatic rings. The monoisotopic (exact) mass is 529 g/mol. The van der Waals surface area contributed by atoms with Crippen molar-refractivity contribution in [2.75, 3.05) is 7.11 Å². The number of hydrogen-bond donors (Lipinski definition) is 0. The van der Waals surface area contributed by atoms with Crippen LogP contribution in [-0.2, 0) is 21.5 Å². The standard InChI is InChI=1S/C25H20ClNO6S2/c1-16-5-3-4-6-18(16)15-27-24(28)23(34-25(27)29)14-17-7-12-21(22(13-17)32-2)33-35(30,31)20-10-8-19(26)9-11-20/h3-14H,15H2,1-2H3/b23-14-. The van der Waals surface area contributed by atoms with Gasteiger partial charge in [-0.2, -0.15) is 8.42 Å². The van der Waals surface area contributed by atoms with E-state index in [2.05, 4.69) is 0 Å². The highest BCUT2D eigenvalue weighted by Crippen LogP contribution is 2.36. The second kappa shape index (κ2) is 10.2. The maximum absolute atomic E-state index is 12.9. The van der Waals surface area contributed by atoms with Crippen LogP contribution in [0.5, 0.6) is 11.5 Å². The number of carbonyl (C=O) groups excluding carboxylic acids is 2. The van der Waals surface area contributed by atoms with E-state index in [0.717, 1.165) is 22.9 Å². The van der Waals surface area contributed by atoms with E-state index >= 15 is 0 Å². The SMILES string of the molecule is COc1cc(/C=C2\SC(=O)N(Cc3ccccc3C)C2=O)ccc1OS(=O)(=O)c1ccc(Cl)cc1. The number of carbonyl (C=O) groups is 2. The summed E-state index contributed by atoms with van der Waals surface area (Å²) in [5.41, 5.74) is 2.42. The van der Waals surface area contributed by atoms with E-state index in [4.69, 9.17) is 20.5 Å². The zero-order chi connectivity index (χ0) is 25.2. The molecule has 10 heteroatoms. The smallest absolute Gasteiger partial charge is 0.339 e. The second-order valence-corrected chi connectivity index (χ2v) is 10.6. The van der Waals surface area contributed by atoms with E-state index in [9.17, 15) is 18.0 Å². The fourth-order valence-electron chi connectivity index (χ4n) is 3.36. The Morgan fingerprint density at radius 1 is 1.00 bits per heavy atom. The molecule has 180 valence electrons. The summed E-state index contributed by atoms with van der Waals surface area (Å²) in [7, 11) is -2.75. The Balaban J connectivity index is 1.55. The summed E-state index contributed by atoms with van der Waals surface area (Å²) in [5.74, 6) is -0.268. The van der Waals surface area contributed by atoms with Crippen LogP contribution in [0, 0.1) is 6.92 Å². The van der Waals surface area contributed by atoms with Gasteiger partial charge < -0.3 is 8.92 Å². The summed E-state index contributed by atoms with van der Waals surface area (Å²) in [5, 5.41) is 0.0414. The Labute approximate surface area is 212 Å². The molecule has 0 unspecified atom stereocenters. The fraction of sp³-hybridized carbons (Fsp3) is 0.120. The number of thioether (sulfide) groups is 1. The van der Waals surface area contributed by atoms with Gasteiger partial charge in [0.05, 0.1) is 18.6 Å². The Morgan fingerprint density at radius 3 is 2.40 bits per heavy atom. The molecule has 0 aromatic heterocycles. The van der Waals surface area contributed by atoms with Crippen LogP contribution in [-0.4, -0.2) is 31.6 Å². The van der Waals surface area contributed by atoms with Crippen LogP contribution in [0.1, 0.15) is 16.7 Å². The molecule has 4 rings (SSSR count). The van der Waals surface area contributed by atoms with E-state index in [1.54, 1.807) is 12.1 Å². The van der Waals surface area contributed by atoms with Crippen molar-refractivity contribution in [3.05, 3.63) is 93.3 Å². The zero-order valence-electron chi connectivity index (χ0n) is 18.7. The molecular weight excluding hydrogens is 510 g/mol. The number of hydrogen-bond acceptors (Lipinski definition) is 7. The van der Waals surface area contributed by atoms with Crippen molar-refractivity contribution >= 4 is 50.7 Å². The highest BCUT2D eigenvalue weighted by atomic mass is 35.5. The Kier molecular flexibility index (Phi) is 7.20. The van der Waals surface area contributed by atoms with Gasteiger partial charge in [-0.1, -0.05) is 41.9 Å². The molecule has 3 aromatic carbocycles. The van der Waals surface area contributed by atoms with Gasteiger partial charge in [0.2, 0.25) is 0 Å². The third-order valence-electron chi connectivity index (χ3n) is 5.25. The predicted octanol–water partition coefficient (Wildman–Crippen LogP) is 5.66. The molecule has 35 heavy (non-hydrogen) atoms. The van der Waals surface area contributed by atoms with E-state index in [1.165, 1.54) is 48.4 Å². The Hall–Kier alpha value is -3.27. The number of ether oxygens (including phenoxy) is 1. The van der Waals surface area contributed by atoms with E-state index < -0.39 is 16.0 Å². The molecule has 1 saturated heterocycles. The van der Waals surface area contributed by atoms with Gasteiger partial charge in [0, 0.05) is 5.02 Å². The lowest BCUT2D eigenvalue weighted by molar-refractivity contribution is -0.123. The lowest BCUT2D eigenvalue weighted by Crippen LogP contribution is -2.27. The topological polar surface area (TPSA) is 90.0 Å². The molecule has 7 nitrogen and oxygen atoms in total. The maximum atomic E-state index is 12.9. The van der Waals surface area contributed by atoms with Gasteiger partial charge in [0.1, 0.15) is 4.90 Å². The maximum Gasteiger partial charge on any atom is 0.339 e. The highest BCUT2D eigenvalue weighted by Gasteiger charge is 2.35. The number of halogens is 1. The van der Waals surface area contributed by atoms with E-state index in [0.29, 0.717) is 10.6 Å². The zero-order valence-corrected chi connectivity index (χ0v) is 21.1. The first-order valence-electron chi connectivity index (χ1n) is 10.4. The molecule has 0 atom stereocenters. The van der Waals surface area contributed by atoms with E-state index in [-0.39, 0.29) is 33.1 Å². The molecule has 0 N–H and O–H groups in total. The number of aryl methyl sites for hydroxylation is 1. The van der Waals surface area contributed by atoms with Crippen LogP contribution >= 0.6 is 23.4 Å². The number of amides is 2. The summed E-state index contributed by atoms with van der Waals surface area (Å²) in [6.45, 7) is 2.11. The van der Waals surface area contributed by atoms with Gasteiger partial charge >= 0.3 is 10.1 Å². The lowest BCUT2D eigenvalue weighted by atomic mass is 10.1. The molecule has 2 amide bonds. The number of rotatable bonds is 7. The molecule has 0 spiro atoms. The summed E-state index contributed by atoms with van der Waals surface area (Å²) >= 11 is 6.67. The van der Waals surface area contributed by atoms with Crippen molar-refractivity contribution in [1.29, 1.82) is 0 Å². The van der Waals surface area contributed by atoms with E-state index in [1.807, 2.05) is 31.2 Å². The van der Waals surface area contributed by atoms with Gasteiger partial charge in [-0.3, -0.25) is 14.5 Å². The normalized spacial score (nSPS) is 15.1. The Morgan fingerprint density at radius 2 is 1.71 bits per heavy atom. The van der Waals surface area contributed by atoms with Gasteiger partial charge in [0.25, 0.3) is 11.1 Å². The molecule has 0 bridgehead atoms. The second-order valence-electron chi connectivity index (χ2n) is 7.60. The molecule has 1 heterocycles. The number of imide groups is 1. The molecule has 3 aromatic rings. The predicted molar refractivity (Wildman–Crippen MR) is 135 cm³/mol. The van der Waals surface area contributed by atoms with Crippen molar-refractivity contribution in [1.82, 2.24) is 4.90 Å². The largest absolute Gasteiger partial charge is 0.493 e. The van der Waals surface area contributed by atoms with Crippen LogP contribution in [0.25, 0.3) is 6.08 Å². The van der Waals surface area contributed by atoms with Crippen molar-refractivity contribution < 1.29 is 26.9 Å². The lowest BCUT2D eigenvalue weighted by Gasteiger charge is -2.14. The average molecular weight is 530 g/mol. The molecule has 0 radical (unpaired) electrons. The third-order valence-corrected chi connectivity index (χ3v) is 7.66. The fourth-order valence-corrected chi connectivity index (χ4v) is 5.26. The minimum Gasteiger partial charge on any atom is -0.493 e. The van der Waals surface area contributed by atoms with Crippen molar-refractivity contribution in [2.24, 2.45) is 0 Å². The van der Waals surface area contributed by atoms with Crippen molar-refractivity contribution in [3.63, 3.8) is 0 Å². The van der Waals surface area contributed by atoms with Crippen LogP contribution in [0.3, 0.4) is 0 Å². The van der Waals surface area contributed by atoms with Crippen LogP contribution in [0.15, 0.2) is 76.5 Å². The molecular formula is C25H20ClNO6S2. The minimum absolute atomic E-state index is 0.0211. The summed E-state index contributed by atoms with van der Waals surface area (Å²) in [4.78, 5) is 26.8. The average Bonchev–Trinajstić information content (AvgIpc) is 3.08. The number of benzene rings is 3. The number of nitrogens with zero attached hydrogens (tertiary/aromatic N) is 1. The summed E-state index contributed by atoms with van der Waals surface area (Å²) in [6, 6.07) is 17.7. The first-order valence-corrected chi connectivity index (χ1v) is 13.0. The molecule has 0 aliphatic carbocycles. The quantitative estimate of drug-likeness (QED) is 0.288. The van der Waals surface area contributed by atoms with Gasteiger partial charge in [0.15, 0.2) is 11.5 Å². The summed E-state index contributed by atoms with van der Waals surface area (Å²) in [6.07, 6.45) is 1.56. The van der Waals surface area contributed by atoms with Crippen LogP contribution in [0.2, 0.25) is 5.02 Å². The van der Waals surface area contributed by atoms with Gasteiger partial charge in [-0.05, 0) is 77.9 Å². The van der Waals surface area contributed by atoms with Crippen molar-refractivity contribution in [3.8, 4) is 11.5 Å². The number of methoxy groups -OCH3 is 1. The first kappa shape index (κ1) is 24.8. The minimum atomic E-state index is -4.12.